The zero-order valence-electron chi connectivity index (χ0n) is 7.45. The van der Waals surface area contributed by atoms with Crippen molar-refractivity contribution in [1.82, 2.24) is 0 Å². The van der Waals surface area contributed by atoms with Crippen molar-refractivity contribution >= 4 is 19.4 Å². The van der Waals surface area contributed by atoms with E-state index in [2.05, 4.69) is 20.1 Å². The fourth-order valence-electron chi connectivity index (χ4n) is 1.20. The minimum absolute atomic E-state index is 0.418. The fraction of sp³-hybridized carbons (Fsp3) is 0.300. The largest absolute Gasteiger partial charge is 0.626 e. The van der Waals surface area contributed by atoms with E-state index in [9.17, 15) is 4.89 Å². The van der Waals surface area contributed by atoms with Gasteiger partial charge in [-0.15, -0.1) is 0 Å². The standard InChI is InChI=1S/C10H13OP/c1-8(2)9-6-4-5-7-10(9)12(3)11/h4-8H,3H2,1-2H3. The molecule has 0 spiro atoms. The smallest absolute Gasteiger partial charge is 0.147 e. The van der Waals surface area contributed by atoms with Crippen molar-refractivity contribution in [3.8, 4) is 0 Å². The van der Waals surface area contributed by atoms with Crippen LogP contribution in [0, 0.1) is 0 Å². The molecular weight excluding hydrogens is 167 g/mol. The van der Waals surface area contributed by atoms with Gasteiger partial charge in [0.15, 0.2) is 0 Å². The molecule has 0 fully saturated rings. The van der Waals surface area contributed by atoms with Gasteiger partial charge in [0.2, 0.25) is 0 Å². The minimum atomic E-state index is -1.45. The Kier molecular flexibility index (Phi) is 3.02. The second-order valence-corrected chi connectivity index (χ2v) is 4.33. The van der Waals surface area contributed by atoms with Crippen molar-refractivity contribution in [3.05, 3.63) is 29.8 Å². The normalized spacial score (nSPS) is 11.8. The van der Waals surface area contributed by atoms with Crippen molar-refractivity contribution in [2.24, 2.45) is 0 Å². The Labute approximate surface area is 74.5 Å². The molecule has 0 amide bonds. The highest BCUT2D eigenvalue weighted by Gasteiger charge is 2.10. The van der Waals surface area contributed by atoms with Crippen LogP contribution < -0.4 is 10.2 Å². The van der Waals surface area contributed by atoms with Crippen LogP contribution in [0.4, 0.5) is 0 Å². The molecule has 12 heavy (non-hydrogen) atoms. The predicted molar refractivity (Wildman–Crippen MR) is 54.2 cm³/mol. The molecule has 1 unspecified atom stereocenters. The van der Waals surface area contributed by atoms with Crippen molar-refractivity contribution < 1.29 is 4.89 Å². The number of hydrogen-bond donors (Lipinski definition) is 0. The molecule has 0 aliphatic carbocycles. The summed E-state index contributed by atoms with van der Waals surface area (Å²) in [6.07, 6.45) is 3.56. The zero-order valence-corrected chi connectivity index (χ0v) is 8.34. The second-order valence-electron chi connectivity index (χ2n) is 3.09. The summed E-state index contributed by atoms with van der Waals surface area (Å²) < 4.78 is 0. The molecule has 64 valence electrons. The molecule has 1 rings (SSSR count). The van der Waals surface area contributed by atoms with Gasteiger partial charge >= 0.3 is 0 Å². The Hall–Kier alpha value is -0.650. The van der Waals surface area contributed by atoms with Crippen molar-refractivity contribution in [2.75, 3.05) is 0 Å². The lowest BCUT2D eigenvalue weighted by Gasteiger charge is -2.07. The lowest BCUT2D eigenvalue weighted by molar-refractivity contribution is -0.149. The molecule has 0 aliphatic rings. The first-order chi connectivity index (χ1) is 5.63. The van der Waals surface area contributed by atoms with Crippen LogP contribution in [-0.4, -0.2) is 6.30 Å². The van der Waals surface area contributed by atoms with Gasteiger partial charge in [0.25, 0.3) is 0 Å². The van der Waals surface area contributed by atoms with Gasteiger partial charge in [0.1, 0.15) is 5.30 Å². The van der Waals surface area contributed by atoms with Crippen LogP contribution in [0.15, 0.2) is 24.3 Å². The average Bonchev–Trinajstić information content (AvgIpc) is 2.04. The Morgan fingerprint density at radius 3 is 2.33 bits per heavy atom. The predicted octanol–water partition coefficient (Wildman–Crippen LogP) is 1.62. The maximum absolute atomic E-state index is 11.2. The molecule has 1 aromatic rings. The Morgan fingerprint density at radius 1 is 1.33 bits per heavy atom. The van der Waals surface area contributed by atoms with Gasteiger partial charge in [0, 0.05) is 5.56 Å². The number of benzene rings is 1. The van der Waals surface area contributed by atoms with Gasteiger partial charge in [-0.3, -0.25) is 0 Å². The molecule has 0 N–H and O–H groups in total. The number of hydrogen-bond acceptors (Lipinski definition) is 1. The van der Waals surface area contributed by atoms with Gasteiger partial charge in [-0.05, 0) is 12.0 Å². The van der Waals surface area contributed by atoms with Crippen LogP contribution in [0.3, 0.4) is 0 Å². The van der Waals surface area contributed by atoms with Crippen LogP contribution in [0.5, 0.6) is 0 Å². The van der Waals surface area contributed by atoms with E-state index < -0.39 is 7.77 Å². The highest BCUT2D eigenvalue weighted by Crippen LogP contribution is 2.18. The first-order valence-electron chi connectivity index (χ1n) is 3.99. The third kappa shape index (κ3) is 1.94. The summed E-state index contributed by atoms with van der Waals surface area (Å²) >= 11 is 0. The van der Waals surface area contributed by atoms with E-state index in [1.165, 1.54) is 0 Å². The van der Waals surface area contributed by atoms with E-state index in [1.54, 1.807) is 0 Å². The lowest BCUT2D eigenvalue weighted by atomic mass is 10.0. The molecule has 0 radical (unpaired) electrons. The van der Waals surface area contributed by atoms with Gasteiger partial charge in [0.05, 0.1) is 14.1 Å². The van der Waals surface area contributed by atoms with Gasteiger partial charge in [-0.2, -0.15) is 0 Å². The third-order valence-corrected chi connectivity index (χ3v) is 2.77. The topological polar surface area (TPSA) is 23.1 Å². The van der Waals surface area contributed by atoms with Crippen LogP contribution in [0.2, 0.25) is 0 Å². The van der Waals surface area contributed by atoms with E-state index in [0.29, 0.717) is 5.92 Å². The summed E-state index contributed by atoms with van der Waals surface area (Å²) in [5, 5.41) is 0.891. The summed E-state index contributed by atoms with van der Waals surface area (Å²) in [5.74, 6) is 0.418. The maximum Gasteiger partial charge on any atom is 0.147 e. The van der Waals surface area contributed by atoms with Gasteiger partial charge < -0.3 is 4.89 Å². The molecular formula is C10H13OP. The van der Waals surface area contributed by atoms with E-state index in [1.807, 2.05) is 24.3 Å². The summed E-state index contributed by atoms with van der Waals surface area (Å²) in [7, 11) is -1.45. The van der Waals surface area contributed by atoms with E-state index in [-0.39, 0.29) is 0 Å². The van der Waals surface area contributed by atoms with Crippen LogP contribution >= 0.6 is 7.77 Å². The Balaban J connectivity index is 3.17. The average molecular weight is 180 g/mol. The summed E-state index contributed by atoms with van der Waals surface area (Å²) in [6.45, 7) is 4.19. The molecule has 0 saturated heterocycles. The molecule has 0 aliphatic heterocycles. The van der Waals surface area contributed by atoms with Gasteiger partial charge in [-0.1, -0.05) is 32.0 Å². The Bertz CT molecular complexity index is 292. The van der Waals surface area contributed by atoms with E-state index in [4.69, 9.17) is 0 Å². The summed E-state index contributed by atoms with van der Waals surface area (Å²) in [5.41, 5.74) is 1.15. The summed E-state index contributed by atoms with van der Waals surface area (Å²) in [6, 6.07) is 7.77. The minimum Gasteiger partial charge on any atom is -0.626 e. The van der Waals surface area contributed by atoms with Crippen molar-refractivity contribution in [1.29, 1.82) is 0 Å². The van der Waals surface area contributed by atoms with E-state index in [0.717, 1.165) is 10.9 Å². The highest BCUT2D eigenvalue weighted by molar-refractivity contribution is 7.56. The molecule has 1 nitrogen and oxygen atoms in total. The van der Waals surface area contributed by atoms with Crippen LogP contribution in [-0.2, 0) is 0 Å². The fourth-order valence-corrected chi connectivity index (χ4v) is 2.08. The van der Waals surface area contributed by atoms with Crippen LogP contribution in [0.1, 0.15) is 25.3 Å². The molecule has 1 atom stereocenters. The Morgan fingerprint density at radius 2 is 1.92 bits per heavy atom. The third-order valence-electron chi connectivity index (χ3n) is 1.83. The van der Waals surface area contributed by atoms with Crippen molar-refractivity contribution in [2.45, 2.75) is 19.8 Å². The maximum atomic E-state index is 11.2. The monoisotopic (exact) mass is 180 g/mol. The SMILES string of the molecule is C=[P+]([O-])c1ccccc1C(C)C. The number of rotatable bonds is 2. The first-order valence-corrected chi connectivity index (χ1v) is 5.44. The molecule has 0 saturated carbocycles. The molecule has 0 heterocycles. The van der Waals surface area contributed by atoms with Crippen LogP contribution in [0.25, 0.3) is 0 Å². The zero-order chi connectivity index (χ0) is 9.14. The second kappa shape index (κ2) is 3.84. The molecule has 0 bridgehead atoms. The molecule has 2 heteroatoms. The van der Waals surface area contributed by atoms with Gasteiger partial charge in [-0.25, -0.2) is 0 Å². The highest BCUT2D eigenvalue weighted by atomic mass is 31.1. The molecule has 0 aromatic heterocycles. The first kappa shape index (κ1) is 9.44. The summed E-state index contributed by atoms with van der Waals surface area (Å²) in [4.78, 5) is 11.2. The van der Waals surface area contributed by atoms with E-state index >= 15 is 0 Å². The lowest BCUT2D eigenvalue weighted by Crippen LogP contribution is -2.11. The van der Waals surface area contributed by atoms with Crippen molar-refractivity contribution in [3.63, 3.8) is 0 Å². The quantitative estimate of drug-likeness (QED) is 0.634. The molecule has 1 aromatic carbocycles.